The number of hydrogen-bond acceptors (Lipinski definition) is 7. The smallest absolute Gasteiger partial charge is 0.337 e. The third kappa shape index (κ3) is 6.72. The molecule has 0 aromatic heterocycles. The molecule has 2 N–H and O–H groups in total. The number of anilines is 2. The van der Waals surface area contributed by atoms with Crippen LogP contribution in [0.2, 0.25) is 0 Å². The molecule has 0 aliphatic heterocycles. The molecule has 0 spiro atoms. The van der Waals surface area contributed by atoms with E-state index in [4.69, 9.17) is 4.74 Å². The molecular formula is C23H24N2O7S2. The summed E-state index contributed by atoms with van der Waals surface area (Å²) in [6.07, 6.45) is 0. The second kappa shape index (κ2) is 10.6. The highest BCUT2D eigenvalue weighted by molar-refractivity contribution is 7.92. The molecule has 3 aromatic rings. The van der Waals surface area contributed by atoms with Gasteiger partial charge in [-0.2, -0.15) is 0 Å². The fourth-order valence-corrected chi connectivity index (χ4v) is 5.25. The number of hydrogen-bond donors (Lipinski definition) is 2. The van der Waals surface area contributed by atoms with E-state index in [1.54, 1.807) is 24.3 Å². The zero-order valence-corrected chi connectivity index (χ0v) is 20.1. The van der Waals surface area contributed by atoms with Crippen molar-refractivity contribution in [3.63, 3.8) is 0 Å². The Balaban J connectivity index is 1.65. The quantitative estimate of drug-likeness (QED) is 0.404. The molecule has 0 amide bonds. The summed E-state index contributed by atoms with van der Waals surface area (Å²) >= 11 is 0. The molecule has 0 saturated carbocycles. The highest BCUT2D eigenvalue weighted by Gasteiger charge is 2.16. The standard InChI is InChI=1S/C23H24N2O7S2/c1-3-32-21-12-8-20(9-13-21)25-34(29,30)22-14-10-19(11-15-22)24-33(27,28)16-17-4-6-18(7-5-17)23(26)31-2/h4-15,24-25H,3,16H2,1-2H3. The molecular weight excluding hydrogens is 480 g/mol. The summed E-state index contributed by atoms with van der Waals surface area (Å²) < 4.78 is 65.1. The summed E-state index contributed by atoms with van der Waals surface area (Å²) in [5.41, 5.74) is 1.36. The van der Waals surface area contributed by atoms with Gasteiger partial charge in [-0.05, 0) is 73.2 Å². The van der Waals surface area contributed by atoms with Gasteiger partial charge in [0.2, 0.25) is 10.0 Å². The number of carbonyl (C=O) groups is 1. The summed E-state index contributed by atoms with van der Waals surface area (Å²) in [5, 5.41) is 0. The molecule has 9 nitrogen and oxygen atoms in total. The Morgan fingerprint density at radius 2 is 1.35 bits per heavy atom. The number of rotatable bonds is 10. The van der Waals surface area contributed by atoms with Crippen LogP contribution in [0.5, 0.6) is 5.75 Å². The Labute approximate surface area is 198 Å². The maximum Gasteiger partial charge on any atom is 0.337 e. The number of methoxy groups -OCH3 is 1. The predicted molar refractivity (Wildman–Crippen MR) is 129 cm³/mol. The Morgan fingerprint density at radius 3 is 1.91 bits per heavy atom. The van der Waals surface area contributed by atoms with E-state index in [2.05, 4.69) is 14.2 Å². The van der Waals surface area contributed by atoms with Gasteiger partial charge in [0.25, 0.3) is 10.0 Å². The van der Waals surface area contributed by atoms with Crippen molar-refractivity contribution in [1.29, 1.82) is 0 Å². The van der Waals surface area contributed by atoms with Crippen molar-refractivity contribution in [2.45, 2.75) is 17.6 Å². The first kappa shape index (κ1) is 25.1. The molecule has 11 heteroatoms. The fraction of sp³-hybridized carbons (Fsp3) is 0.174. The number of benzene rings is 3. The SMILES string of the molecule is CCOc1ccc(NS(=O)(=O)c2ccc(NS(=O)(=O)Cc3ccc(C(=O)OC)cc3)cc2)cc1. The lowest BCUT2D eigenvalue weighted by atomic mass is 10.1. The minimum atomic E-state index is -3.87. The van der Waals surface area contributed by atoms with Gasteiger partial charge in [-0.3, -0.25) is 9.44 Å². The van der Waals surface area contributed by atoms with Gasteiger partial charge in [0.05, 0.1) is 29.9 Å². The largest absolute Gasteiger partial charge is 0.494 e. The Bertz CT molecular complexity index is 1340. The highest BCUT2D eigenvalue weighted by atomic mass is 32.2. The molecule has 0 aliphatic rings. The van der Waals surface area contributed by atoms with Crippen molar-refractivity contribution in [1.82, 2.24) is 0 Å². The number of esters is 1. The molecule has 0 fully saturated rings. The van der Waals surface area contributed by atoms with Crippen LogP contribution in [0.4, 0.5) is 11.4 Å². The molecule has 0 bridgehead atoms. The first-order chi connectivity index (χ1) is 16.1. The van der Waals surface area contributed by atoms with E-state index in [0.717, 1.165) is 0 Å². The molecule has 0 heterocycles. The van der Waals surface area contributed by atoms with Gasteiger partial charge in [0, 0.05) is 11.4 Å². The lowest BCUT2D eigenvalue weighted by Crippen LogP contribution is -2.16. The van der Waals surface area contributed by atoms with E-state index in [1.807, 2.05) is 6.92 Å². The molecule has 3 rings (SSSR count). The van der Waals surface area contributed by atoms with E-state index in [0.29, 0.717) is 29.2 Å². The second-order valence-electron chi connectivity index (χ2n) is 7.14. The maximum absolute atomic E-state index is 12.6. The van der Waals surface area contributed by atoms with Crippen molar-refractivity contribution in [2.24, 2.45) is 0 Å². The van der Waals surface area contributed by atoms with E-state index in [-0.39, 0.29) is 16.3 Å². The Kier molecular flexibility index (Phi) is 7.79. The third-order valence-corrected chi connectivity index (χ3v) is 7.24. The number of carbonyl (C=O) groups excluding carboxylic acids is 1. The van der Waals surface area contributed by atoms with Crippen LogP contribution < -0.4 is 14.2 Å². The first-order valence-electron chi connectivity index (χ1n) is 10.2. The van der Waals surface area contributed by atoms with Crippen molar-refractivity contribution in [2.75, 3.05) is 23.2 Å². The van der Waals surface area contributed by atoms with Gasteiger partial charge in [-0.15, -0.1) is 0 Å². The average Bonchev–Trinajstić information content (AvgIpc) is 2.80. The van der Waals surface area contributed by atoms with Crippen LogP contribution in [-0.2, 0) is 30.5 Å². The Hall–Kier alpha value is -3.57. The van der Waals surface area contributed by atoms with Gasteiger partial charge in [-0.1, -0.05) is 12.1 Å². The van der Waals surface area contributed by atoms with Crippen molar-refractivity contribution in [3.8, 4) is 5.75 Å². The van der Waals surface area contributed by atoms with Crippen molar-refractivity contribution < 1.29 is 31.1 Å². The minimum absolute atomic E-state index is 0.0252. The summed E-state index contributed by atoms with van der Waals surface area (Å²) in [4.78, 5) is 11.5. The molecule has 3 aromatic carbocycles. The van der Waals surface area contributed by atoms with E-state index in [9.17, 15) is 21.6 Å². The van der Waals surface area contributed by atoms with Crippen molar-refractivity contribution in [3.05, 3.63) is 83.9 Å². The average molecular weight is 505 g/mol. The Morgan fingerprint density at radius 1 is 0.794 bits per heavy atom. The fourth-order valence-electron chi connectivity index (χ4n) is 2.99. The van der Waals surface area contributed by atoms with Crippen LogP contribution in [0.1, 0.15) is 22.8 Å². The molecule has 0 radical (unpaired) electrons. The molecule has 0 aliphatic carbocycles. The van der Waals surface area contributed by atoms with Gasteiger partial charge in [0.1, 0.15) is 5.75 Å². The van der Waals surface area contributed by atoms with Gasteiger partial charge < -0.3 is 9.47 Å². The van der Waals surface area contributed by atoms with Crippen LogP contribution in [0.3, 0.4) is 0 Å². The van der Waals surface area contributed by atoms with Crippen LogP contribution in [0, 0.1) is 0 Å². The maximum atomic E-state index is 12.6. The summed E-state index contributed by atoms with van der Waals surface area (Å²) in [7, 11) is -6.38. The predicted octanol–water partition coefficient (Wildman–Crippen LogP) is 3.61. The minimum Gasteiger partial charge on any atom is -0.494 e. The monoisotopic (exact) mass is 504 g/mol. The zero-order valence-electron chi connectivity index (χ0n) is 18.5. The second-order valence-corrected chi connectivity index (χ2v) is 10.5. The van der Waals surface area contributed by atoms with Crippen molar-refractivity contribution >= 4 is 37.4 Å². The van der Waals surface area contributed by atoms with E-state index < -0.39 is 26.0 Å². The van der Waals surface area contributed by atoms with Gasteiger partial charge in [-0.25, -0.2) is 21.6 Å². The normalized spacial score (nSPS) is 11.5. The van der Waals surface area contributed by atoms with Gasteiger partial charge in [0.15, 0.2) is 0 Å². The summed E-state index contributed by atoms with van der Waals surface area (Å²) in [6, 6.07) is 17.8. The van der Waals surface area contributed by atoms with Crippen LogP contribution in [0.25, 0.3) is 0 Å². The lowest BCUT2D eigenvalue weighted by Gasteiger charge is -2.11. The summed E-state index contributed by atoms with van der Waals surface area (Å²) in [5.74, 6) is -0.213. The molecule has 34 heavy (non-hydrogen) atoms. The topological polar surface area (TPSA) is 128 Å². The number of nitrogens with one attached hydrogen (secondary N) is 2. The number of ether oxygens (including phenoxy) is 2. The first-order valence-corrected chi connectivity index (χ1v) is 13.3. The molecule has 0 atom stereocenters. The van der Waals surface area contributed by atoms with Gasteiger partial charge >= 0.3 is 5.97 Å². The number of sulfonamides is 2. The zero-order chi connectivity index (χ0) is 24.8. The van der Waals surface area contributed by atoms with E-state index >= 15 is 0 Å². The summed E-state index contributed by atoms with van der Waals surface area (Å²) in [6.45, 7) is 2.35. The molecule has 180 valence electrons. The molecule has 0 unspecified atom stereocenters. The third-order valence-electron chi connectivity index (χ3n) is 4.59. The lowest BCUT2D eigenvalue weighted by molar-refractivity contribution is 0.0600. The van der Waals surface area contributed by atoms with Crippen LogP contribution in [-0.4, -0.2) is 36.5 Å². The van der Waals surface area contributed by atoms with Crippen LogP contribution in [0.15, 0.2) is 77.7 Å². The van der Waals surface area contributed by atoms with E-state index in [1.165, 1.54) is 55.6 Å². The van der Waals surface area contributed by atoms with Crippen LogP contribution >= 0.6 is 0 Å². The highest BCUT2D eigenvalue weighted by Crippen LogP contribution is 2.21. The molecule has 0 saturated heterocycles.